The number of para-hydroxylation sites is 1. The van der Waals surface area contributed by atoms with Crippen LogP contribution in [-0.4, -0.2) is 15.9 Å². The summed E-state index contributed by atoms with van der Waals surface area (Å²) in [5.74, 6) is 0.0708. The van der Waals surface area contributed by atoms with Gasteiger partial charge >= 0.3 is 5.69 Å². The first-order valence-corrected chi connectivity index (χ1v) is 8.70. The summed E-state index contributed by atoms with van der Waals surface area (Å²) in [6.45, 7) is 0. The lowest BCUT2D eigenvalue weighted by atomic mass is 10.1. The molecule has 3 aromatic rings. The fraction of sp³-hybridized carbons (Fsp3) is 0. The lowest BCUT2D eigenvalue weighted by Gasteiger charge is -2.08. The summed E-state index contributed by atoms with van der Waals surface area (Å²) in [5.41, 5.74) is -0.0916. The zero-order chi connectivity index (χ0) is 21.5. The first-order chi connectivity index (χ1) is 14.5. The standard InChI is InChI=1S/C22H15N3O5/c23-14-16(12-15-6-11-21(26)20(13-15)25(28)29)22(27)24-17-7-9-19(10-8-17)30-18-4-2-1-3-5-18/h1-13,26H,(H,24,27)/b16-12+. The molecule has 0 unspecified atom stereocenters. The summed E-state index contributed by atoms with van der Waals surface area (Å²) >= 11 is 0. The molecular weight excluding hydrogens is 386 g/mol. The number of nitrogens with one attached hydrogen (secondary N) is 1. The normalized spacial score (nSPS) is 10.7. The molecule has 3 rings (SSSR count). The van der Waals surface area contributed by atoms with Gasteiger partial charge in [0.25, 0.3) is 5.91 Å². The Bertz CT molecular complexity index is 1150. The number of nitrogens with zero attached hydrogens (tertiary/aromatic N) is 2. The van der Waals surface area contributed by atoms with Gasteiger partial charge in [0, 0.05) is 11.8 Å². The van der Waals surface area contributed by atoms with E-state index in [0.29, 0.717) is 17.2 Å². The smallest absolute Gasteiger partial charge is 0.311 e. The number of phenolic OH excluding ortho intramolecular Hbond substituents is 1. The lowest BCUT2D eigenvalue weighted by Crippen LogP contribution is -2.13. The van der Waals surface area contributed by atoms with Gasteiger partial charge in [-0.25, -0.2) is 0 Å². The van der Waals surface area contributed by atoms with Crippen molar-refractivity contribution in [3.8, 4) is 23.3 Å². The van der Waals surface area contributed by atoms with Crippen molar-refractivity contribution in [1.82, 2.24) is 0 Å². The largest absolute Gasteiger partial charge is 0.502 e. The molecule has 1 amide bonds. The van der Waals surface area contributed by atoms with Crippen LogP contribution in [0.25, 0.3) is 6.08 Å². The minimum absolute atomic E-state index is 0.234. The molecule has 2 N–H and O–H groups in total. The number of phenols is 1. The van der Waals surface area contributed by atoms with E-state index in [4.69, 9.17) is 4.74 Å². The van der Waals surface area contributed by atoms with Gasteiger partial charge in [0.15, 0.2) is 5.75 Å². The van der Waals surface area contributed by atoms with Gasteiger partial charge in [-0.3, -0.25) is 14.9 Å². The molecule has 0 fully saturated rings. The molecular formula is C22H15N3O5. The summed E-state index contributed by atoms with van der Waals surface area (Å²) in [6, 6.07) is 21.1. The van der Waals surface area contributed by atoms with E-state index in [-0.39, 0.29) is 11.1 Å². The maximum Gasteiger partial charge on any atom is 0.311 e. The zero-order valence-electron chi connectivity index (χ0n) is 15.5. The lowest BCUT2D eigenvalue weighted by molar-refractivity contribution is -0.385. The van der Waals surface area contributed by atoms with Crippen LogP contribution < -0.4 is 10.1 Å². The number of anilines is 1. The molecule has 0 saturated carbocycles. The van der Waals surface area contributed by atoms with Crippen molar-refractivity contribution in [3.63, 3.8) is 0 Å². The Balaban J connectivity index is 1.72. The fourth-order valence-corrected chi connectivity index (χ4v) is 2.52. The fourth-order valence-electron chi connectivity index (χ4n) is 2.52. The molecule has 30 heavy (non-hydrogen) atoms. The average molecular weight is 401 g/mol. The van der Waals surface area contributed by atoms with Crippen molar-refractivity contribution in [2.24, 2.45) is 0 Å². The number of hydrogen-bond donors (Lipinski definition) is 2. The van der Waals surface area contributed by atoms with Crippen LogP contribution in [0.1, 0.15) is 5.56 Å². The summed E-state index contributed by atoms with van der Waals surface area (Å²) in [7, 11) is 0. The molecule has 0 aliphatic rings. The summed E-state index contributed by atoms with van der Waals surface area (Å²) in [5, 5.41) is 32.3. The third-order valence-electron chi connectivity index (χ3n) is 3.96. The van der Waals surface area contributed by atoms with E-state index in [1.807, 2.05) is 30.3 Å². The number of ether oxygens (including phenoxy) is 1. The SMILES string of the molecule is N#C/C(=C\c1ccc(O)c([N+](=O)[O-])c1)C(=O)Nc1ccc(Oc2ccccc2)cc1. The van der Waals surface area contributed by atoms with Crippen molar-refractivity contribution in [2.75, 3.05) is 5.32 Å². The zero-order valence-corrected chi connectivity index (χ0v) is 15.5. The quantitative estimate of drug-likeness (QED) is 0.268. The maximum absolute atomic E-state index is 12.4. The Labute approximate surface area is 171 Å². The number of benzene rings is 3. The number of nitriles is 1. The molecule has 0 aliphatic carbocycles. The monoisotopic (exact) mass is 401 g/mol. The third-order valence-corrected chi connectivity index (χ3v) is 3.96. The number of nitro groups is 1. The van der Waals surface area contributed by atoms with Gasteiger partial charge in [-0.15, -0.1) is 0 Å². The minimum atomic E-state index is -0.752. The molecule has 8 nitrogen and oxygen atoms in total. The van der Waals surface area contributed by atoms with E-state index in [1.165, 1.54) is 12.1 Å². The van der Waals surface area contributed by atoms with Gasteiger partial charge in [-0.05, 0) is 54.1 Å². The molecule has 0 heterocycles. The topological polar surface area (TPSA) is 125 Å². The van der Waals surface area contributed by atoms with E-state index >= 15 is 0 Å². The molecule has 8 heteroatoms. The summed E-state index contributed by atoms with van der Waals surface area (Å²) in [6.07, 6.45) is 1.20. The highest BCUT2D eigenvalue weighted by Gasteiger charge is 2.15. The van der Waals surface area contributed by atoms with E-state index in [9.17, 15) is 25.3 Å². The Morgan fingerprint density at radius 2 is 1.73 bits per heavy atom. The van der Waals surface area contributed by atoms with Gasteiger partial charge in [-0.1, -0.05) is 24.3 Å². The third kappa shape index (κ3) is 4.99. The number of carbonyl (C=O) groups is 1. The first kappa shape index (κ1) is 20.1. The summed E-state index contributed by atoms with van der Waals surface area (Å²) < 4.78 is 5.67. The van der Waals surface area contributed by atoms with Crippen LogP contribution in [-0.2, 0) is 4.79 Å². The van der Waals surface area contributed by atoms with Crippen LogP contribution in [0.4, 0.5) is 11.4 Å². The van der Waals surface area contributed by atoms with Crippen LogP contribution >= 0.6 is 0 Å². The van der Waals surface area contributed by atoms with E-state index in [0.717, 1.165) is 12.1 Å². The molecule has 3 aromatic carbocycles. The number of carbonyl (C=O) groups excluding carboxylic acids is 1. The van der Waals surface area contributed by atoms with Gasteiger partial charge in [-0.2, -0.15) is 5.26 Å². The number of nitro benzene ring substituents is 1. The summed E-state index contributed by atoms with van der Waals surface area (Å²) in [4.78, 5) is 22.6. The van der Waals surface area contributed by atoms with Crippen LogP contribution in [0.3, 0.4) is 0 Å². The molecule has 0 aliphatic heterocycles. The van der Waals surface area contributed by atoms with Gasteiger partial charge in [0.1, 0.15) is 23.1 Å². The average Bonchev–Trinajstić information content (AvgIpc) is 2.75. The van der Waals surface area contributed by atoms with Crippen LogP contribution in [0, 0.1) is 21.4 Å². The molecule has 0 spiro atoms. The van der Waals surface area contributed by atoms with Crippen molar-refractivity contribution >= 4 is 23.4 Å². The molecule has 0 radical (unpaired) electrons. The van der Waals surface area contributed by atoms with Crippen molar-refractivity contribution in [2.45, 2.75) is 0 Å². The molecule has 0 saturated heterocycles. The van der Waals surface area contributed by atoms with Crippen LogP contribution in [0.15, 0.2) is 78.4 Å². The van der Waals surface area contributed by atoms with Gasteiger partial charge in [0.2, 0.25) is 0 Å². The van der Waals surface area contributed by atoms with Gasteiger partial charge < -0.3 is 15.2 Å². The Morgan fingerprint density at radius 1 is 1.07 bits per heavy atom. The van der Waals surface area contributed by atoms with Crippen molar-refractivity contribution < 1.29 is 19.6 Å². The second-order valence-electron chi connectivity index (χ2n) is 6.07. The maximum atomic E-state index is 12.4. The highest BCUT2D eigenvalue weighted by atomic mass is 16.6. The predicted octanol–water partition coefficient (Wildman–Crippen LogP) is 4.64. The van der Waals surface area contributed by atoms with E-state index in [2.05, 4.69) is 5.32 Å². The van der Waals surface area contributed by atoms with E-state index in [1.54, 1.807) is 30.3 Å². The number of amides is 1. The predicted molar refractivity (Wildman–Crippen MR) is 110 cm³/mol. The number of rotatable bonds is 6. The first-order valence-electron chi connectivity index (χ1n) is 8.70. The van der Waals surface area contributed by atoms with Crippen molar-refractivity contribution in [1.29, 1.82) is 5.26 Å². The number of aromatic hydroxyl groups is 1. The highest BCUT2D eigenvalue weighted by Crippen LogP contribution is 2.27. The molecule has 0 aromatic heterocycles. The minimum Gasteiger partial charge on any atom is -0.502 e. The van der Waals surface area contributed by atoms with E-state index < -0.39 is 22.3 Å². The van der Waals surface area contributed by atoms with Gasteiger partial charge in [0.05, 0.1) is 4.92 Å². The number of hydrogen-bond acceptors (Lipinski definition) is 6. The van der Waals surface area contributed by atoms with Crippen LogP contribution in [0.2, 0.25) is 0 Å². The highest BCUT2D eigenvalue weighted by molar-refractivity contribution is 6.09. The molecule has 148 valence electrons. The molecule has 0 bridgehead atoms. The second-order valence-corrected chi connectivity index (χ2v) is 6.07. The Morgan fingerprint density at radius 3 is 2.37 bits per heavy atom. The van der Waals surface area contributed by atoms with Crippen LogP contribution in [0.5, 0.6) is 17.2 Å². The Kier molecular flexibility index (Phi) is 6.05. The van der Waals surface area contributed by atoms with Crippen molar-refractivity contribution in [3.05, 3.63) is 94.0 Å². The Hall–Kier alpha value is -4.64. The molecule has 0 atom stereocenters. The second kappa shape index (κ2) is 9.03.